The second-order valence-electron chi connectivity index (χ2n) is 7.28. The van der Waals surface area contributed by atoms with Gasteiger partial charge in [-0.1, -0.05) is 0 Å². The zero-order valence-electron chi connectivity index (χ0n) is 15.3. The predicted octanol–water partition coefficient (Wildman–Crippen LogP) is 6.26. The molecule has 2 aliphatic rings. The summed E-state index contributed by atoms with van der Waals surface area (Å²) in [6, 6.07) is 29.1. The molecule has 5 rings (SSSR count). The molecule has 0 nitrogen and oxygen atoms in total. The van der Waals surface area contributed by atoms with Crippen LogP contribution >= 0.6 is 0 Å². The molecule has 1 heteroatoms. The van der Waals surface area contributed by atoms with Crippen LogP contribution in [-0.2, 0) is 27.7 Å². The van der Waals surface area contributed by atoms with Crippen molar-refractivity contribution in [1.82, 2.24) is 0 Å². The number of hydrogen-bond acceptors (Lipinski definition) is 0. The Morgan fingerprint density at radius 2 is 1.41 bits per heavy atom. The molecule has 0 fully saturated rings. The van der Waals surface area contributed by atoms with Gasteiger partial charge in [-0.15, -0.1) is 0 Å². The van der Waals surface area contributed by atoms with Gasteiger partial charge < -0.3 is 0 Å². The van der Waals surface area contributed by atoms with E-state index >= 15 is 0 Å². The zero-order valence-corrected chi connectivity index (χ0v) is 17.8. The molecule has 0 radical (unpaired) electrons. The molecule has 0 unspecified atom stereocenters. The number of fused-ring (bicyclic) bond motifs is 3. The van der Waals surface area contributed by atoms with Crippen LogP contribution in [0.4, 0.5) is 0 Å². The van der Waals surface area contributed by atoms with Crippen LogP contribution in [0, 0.1) is 0 Å². The van der Waals surface area contributed by atoms with Gasteiger partial charge in [0.05, 0.1) is 0 Å². The first-order valence-electron chi connectivity index (χ1n) is 9.70. The molecule has 0 aliphatic heterocycles. The van der Waals surface area contributed by atoms with Gasteiger partial charge in [-0.25, -0.2) is 0 Å². The van der Waals surface area contributed by atoms with E-state index in [4.69, 9.17) is 0 Å². The summed E-state index contributed by atoms with van der Waals surface area (Å²) >= 11 is -2.03. The van der Waals surface area contributed by atoms with E-state index in [2.05, 4.69) is 101 Å². The third-order valence-corrected chi connectivity index (χ3v) is 13.1. The summed E-state index contributed by atoms with van der Waals surface area (Å²) in [4.78, 5) is 0. The molecule has 3 aromatic carbocycles. The maximum absolute atomic E-state index is 2.74. The first-order chi connectivity index (χ1) is 13.4. The van der Waals surface area contributed by atoms with Crippen LogP contribution in [0.1, 0.15) is 26.7 Å². The molecule has 0 N–H and O–H groups in total. The molecule has 0 heterocycles. The molecule has 0 atom stereocenters. The summed E-state index contributed by atoms with van der Waals surface area (Å²) < 4.78 is 5.07. The van der Waals surface area contributed by atoms with Crippen molar-refractivity contribution in [2.45, 2.75) is 16.5 Å². The first kappa shape index (κ1) is 17.0. The van der Waals surface area contributed by atoms with Crippen LogP contribution in [0.3, 0.4) is 0 Å². The summed E-state index contributed by atoms with van der Waals surface area (Å²) in [5.41, 5.74) is 7.46. The average Bonchev–Trinajstić information content (AvgIpc) is 3.37. The molecule has 0 saturated heterocycles. The minimum absolute atomic E-state index is 0.606. The quantitative estimate of drug-likeness (QED) is 0.462. The summed E-state index contributed by atoms with van der Waals surface area (Å²) in [7, 11) is 0. The summed E-state index contributed by atoms with van der Waals surface area (Å²) in [5, 5.41) is 0. The van der Waals surface area contributed by atoms with Gasteiger partial charge in [0.1, 0.15) is 0 Å². The minimum atomic E-state index is -2.03. The van der Waals surface area contributed by atoms with Gasteiger partial charge >= 0.3 is 170 Å². The maximum atomic E-state index is 2.74. The predicted molar refractivity (Wildman–Crippen MR) is 112 cm³/mol. The van der Waals surface area contributed by atoms with E-state index in [1.165, 1.54) is 16.7 Å². The molecule has 0 amide bonds. The van der Waals surface area contributed by atoms with Crippen LogP contribution in [0.15, 0.2) is 100 Å². The van der Waals surface area contributed by atoms with E-state index in [1.54, 1.807) is 14.4 Å². The molecule has 0 aromatic heterocycles. The Hall–Kier alpha value is -2.11. The average molecular weight is 426 g/mol. The van der Waals surface area contributed by atoms with E-state index in [-0.39, 0.29) is 0 Å². The monoisotopic (exact) mass is 424 g/mol. The van der Waals surface area contributed by atoms with Crippen molar-refractivity contribution >= 4 is 3.71 Å². The summed E-state index contributed by atoms with van der Waals surface area (Å²) in [6.45, 7) is 0. The molecule has 2 aliphatic carbocycles. The molecule has 130 valence electrons. The van der Waals surface area contributed by atoms with E-state index < -0.39 is 21.3 Å². The number of allylic oxidation sites excluding steroid dienone is 4. The fourth-order valence-corrected chi connectivity index (χ4v) is 12.1. The van der Waals surface area contributed by atoms with E-state index in [0.29, 0.717) is 3.63 Å². The molecular weight excluding hydrogens is 404 g/mol. The van der Waals surface area contributed by atoms with Crippen LogP contribution in [0.25, 0.3) is 11.1 Å². The Kier molecular flexibility index (Phi) is 4.72. The van der Waals surface area contributed by atoms with E-state index in [1.807, 2.05) is 0 Å². The second kappa shape index (κ2) is 7.49. The second-order valence-corrected chi connectivity index (χ2v) is 13.5. The van der Waals surface area contributed by atoms with Gasteiger partial charge in [0.2, 0.25) is 0 Å². The fraction of sp³-hybridized carbons (Fsp3) is 0.115. The molecule has 3 aromatic rings. The van der Waals surface area contributed by atoms with Crippen molar-refractivity contribution in [3.05, 3.63) is 117 Å². The van der Waals surface area contributed by atoms with Crippen molar-refractivity contribution in [2.24, 2.45) is 0 Å². The Morgan fingerprint density at radius 1 is 0.778 bits per heavy atom. The summed E-state index contributed by atoms with van der Waals surface area (Å²) in [5.74, 6) is 0. The Balaban J connectivity index is 1.64. The molecule has 27 heavy (non-hydrogen) atoms. The standard InChI is InChI=1S/C13H9.C8H8.C5H5.Zr/c1-3-7-12-10(5-1)9-11-6-2-4-8-13(11)12;1-2-8-6-4-3-5-7-8;1-2-4-5-3-1;/h1-9H;1,3-7H,2H2;1-3H,4H2;. The molecule has 0 spiro atoms. The van der Waals surface area contributed by atoms with Gasteiger partial charge in [0.25, 0.3) is 0 Å². The van der Waals surface area contributed by atoms with Gasteiger partial charge in [0.15, 0.2) is 0 Å². The van der Waals surface area contributed by atoms with Crippen molar-refractivity contribution in [3.8, 4) is 11.1 Å². The van der Waals surface area contributed by atoms with Gasteiger partial charge in [-0.3, -0.25) is 0 Å². The number of rotatable bonds is 4. The third-order valence-electron chi connectivity index (χ3n) is 5.69. The topological polar surface area (TPSA) is 0 Å². The van der Waals surface area contributed by atoms with Crippen LogP contribution in [0.2, 0.25) is 0 Å². The fourth-order valence-electron chi connectivity index (χ4n) is 4.43. The zero-order chi connectivity index (χ0) is 18.1. The normalized spacial score (nSPS) is 15.6. The van der Waals surface area contributed by atoms with Crippen LogP contribution in [-0.4, -0.2) is 3.71 Å². The van der Waals surface area contributed by atoms with Gasteiger partial charge in [0, 0.05) is 0 Å². The number of hydrogen-bond donors (Lipinski definition) is 0. The Bertz CT molecular complexity index is 1020. The van der Waals surface area contributed by atoms with Crippen molar-refractivity contribution in [2.75, 3.05) is 0 Å². The number of benzene rings is 3. The first-order valence-corrected chi connectivity index (χ1v) is 13.8. The van der Waals surface area contributed by atoms with Crippen LogP contribution < -0.4 is 0 Å². The van der Waals surface area contributed by atoms with Gasteiger partial charge in [-0.05, 0) is 0 Å². The third kappa shape index (κ3) is 3.19. The van der Waals surface area contributed by atoms with Crippen molar-refractivity contribution < 1.29 is 21.3 Å². The van der Waals surface area contributed by atoms with Gasteiger partial charge in [-0.2, -0.15) is 0 Å². The van der Waals surface area contributed by atoms with Crippen molar-refractivity contribution in [3.63, 3.8) is 0 Å². The van der Waals surface area contributed by atoms with E-state index in [0.717, 1.165) is 12.8 Å². The summed E-state index contributed by atoms with van der Waals surface area (Å²) in [6.07, 6.45) is 9.26. The molecule has 0 bridgehead atoms. The van der Waals surface area contributed by atoms with E-state index in [9.17, 15) is 0 Å². The molecule has 0 saturated carbocycles. The molecular formula is C26H22Zr. The Labute approximate surface area is 169 Å². The SMILES string of the molecule is C1=CC[C]([Zr](=[CH]Cc2ccccc2)[CH]2c3ccccc3-c3ccccc32)=C1. The van der Waals surface area contributed by atoms with Crippen molar-refractivity contribution in [1.29, 1.82) is 0 Å². The van der Waals surface area contributed by atoms with Crippen LogP contribution in [0.5, 0.6) is 0 Å². The Morgan fingerprint density at radius 3 is 2.04 bits per heavy atom.